The van der Waals surface area contributed by atoms with Crippen molar-refractivity contribution in [2.45, 2.75) is 24.9 Å². The number of methoxy groups -OCH3 is 1. The molecule has 2 rings (SSSR count). The predicted molar refractivity (Wildman–Crippen MR) is 84.1 cm³/mol. The van der Waals surface area contributed by atoms with Gasteiger partial charge in [0.15, 0.2) is 0 Å². The van der Waals surface area contributed by atoms with Crippen molar-refractivity contribution >= 4 is 15.9 Å². The zero-order valence-corrected chi connectivity index (χ0v) is 13.7. The summed E-state index contributed by atoms with van der Waals surface area (Å²) >= 11 is 3.55. The summed E-state index contributed by atoms with van der Waals surface area (Å²) in [7, 11) is 3.83. The highest BCUT2D eigenvalue weighted by molar-refractivity contribution is 9.10. The predicted octanol–water partition coefficient (Wildman–Crippen LogP) is 2.57. The minimum Gasteiger partial charge on any atom is -0.496 e. The van der Waals surface area contributed by atoms with Crippen LogP contribution in [0.5, 0.6) is 5.75 Å². The molecular formula is C15H23BrN2O2. The molecule has 1 heterocycles. The standard InChI is InChI=1S/C15H23BrN2O2/c1-18(12-5-7-20-8-6-12)14(10-17)11-3-4-15(19-2)13(16)9-11/h3-4,9,12,14H,5-8,10,17H2,1-2H3. The Morgan fingerprint density at radius 3 is 2.70 bits per heavy atom. The highest BCUT2D eigenvalue weighted by Gasteiger charge is 2.25. The number of likely N-dealkylation sites (N-methyl/N-ethyl adjacent to an activating group) is 1. The Morgan fingerprint density at radius 2 is 2.15 bits per heavy atom. The van der Waals surface area contributed by atoms with Crippen molar-refractivity contribution in [1.29, 1.82) is 0 Å². The first-order chi connectivity index (χ1) is 9.67. The minimum absolute atomic E-state index is 0.223. The third kappa shape index (κ3) is 3.52. The van der Waals surface area contributed by atoms with E-state index in [2.05, 4.69) is 40.0 Å². The van der Waals surface area contributed by atoms with Gasteiger partial charge in [-0.05, 0) is 53.5 Å². The van der Waals surface area contributed by atoms with Crippen molar-refractivity contribution in [3.8, 4) is 5.75 Å². The van der Waals surface area contributed by atoms with Crippen molar-refractivity contribution < 1.29 is 9.47 Å². The van der Waals surface area contributed by atoms with E-state index in [1.165, 1.54) is 5.56 Å². The number of hydrogen-bond donors (Lipinski definition) is 1. The molecule has 1 unspecified atom stereocenters. The van der Waals surface area contributed by atoms with E-state index in [1.54, 1.807) is 7.11 Å². The number of hydrogen-bond acceptors (Lipinski definition) is 4. The molecule has 5 heteroatoms. The molecule has 0 radical (unpaired) electrons. The highest BCUT2D eigenvalue weighted by atomic mass is 79.9. The van der Waals surface area contributed by atoms with Crippen LogP contribution in [0.25, 0.3) is 0 Å². The quantitative estimate of drug-likeness (QED) is 0.893. The zero-order chi connectivity index (χ0) is 14.5. The largest absolute Gasteiger partial charge is 0.496 e. The average molecular weight is 343 g/mol. The molecule has 2 N–H and O–H groups in total. The monoisotopic (exact) mass is 342 g/mol. The van der Waals surface area contributed by atoms with Gasteiger partial charge in [-0.25, -0.2) is 0 Å². The van der Waals surface area contributed by atoms with Crippen LogP contribution in [-0.2, 0) is 4.74 Å². The Labute approximate surface area is 129 Å². The fourth-order valence-electron chi connectivity index (χ4n) is 2.77. The topological polar surface area (TPSA) is 47.7 Å². The molecule has 112 valence electrons. The Kier molecular flexibility index (Phi) is 5.84. The van der Waals surface area contributed by atoms with Crippen LogP contribution in [-0.4, -0.2) is 44.9 Å². The van der Waals surface area contributed by atoms with Gasteiger partial charge in [-0.3, -0.25) is 4.90 Å². The second-order valence-corrected chi connectivity index (χ2v) is 6.01. The molecule has 1 aromatic carbocycles. The van der Waals surface area contributed by atoms with Crippen molar-refractivity contribution in [3.63, 3.8) is 0 Å². The maximum absolute atomic E-state index is 6.01. The molecule has 0 spiro atoms. The Bertz CT molecular complexity index is 436. The van der Waals surface area contributed by atoms with Crippen molar-refractivity contribution in [2.75, 3.05) is 33.9 Å². The molecule has 1 aliphatic heterocycles. The van der Waals surface area contributed by atoms with Gasteiger partial charge < -0.3 is 15.2 Å². The van der Waals surface area contributed by atoms with Crippen LogP contribution in [0.2, 0.25) is 0 Å². The van der Waals surface area contributed by atoms with E-state index in [0.717, 1.165) is 36.3 Å². The van der Waals surface area contributed by atoms with E-state index in [9.17, 15) is 0 Å². The molecule has 1 atom stereocenters. The van der Waals surface area contributed by atoms with Gasteiger partial charge in [0, 0.05) is 31.8 Å². The molecular weight excluding hydrogens is 320 g/mol. The first kappa shape index (κ1) is 15.8. The number of halogens is 1. The molecule has 1 saturated heterocycles. The van der Waals surface area contributed by atoms with Gasteiger partial charge in [-0.1, -0.05) is 6.07 Å². The van der Waals surface area contributed by atoms with E-state index in [0.29, 0.717) is 12.6 Å². The summed E-state index contributed by atoms with van der Waals surface area (Å²) in [5.74, 6) is 0.846. The van der Waals surface area contributed by atoms with Crippen molar-refractivity contribution in [1.82, 2.24) is 4.90 Å². The van der Waals surface area contributed by atoms with Crippen molar-refractivity contribution in [2.24, 2.45) is 5.73 Å². The zero-order valence-electron chi connectivity index (χ0n) is 12.1. The molecule has 1 aliphatic rings. The normalized spacial score (nSPS) is 18.2. The van der Waals surface area contributed by atoms with Crippen LogP contribution in [0.15, 0.2) is 22.7 Å². The first-order valence-electron chi connectivity index (χ1n) is 7.00. The van der Waals surface area contributed by atoms with Crippen LogP contribution in [0.1, 0.15) is 24.4 Å². The molecule has 0 bridgehead atoms. The van der Waals surface area contributed by atoms with Crippen molar-refractivity contribution in [3.05, 3.63) is 28.2 Å². The fourth-order valence-corrected chi connectivity index (χ4v) is 3.33. The highest BCUT2D eigenvalue weighted by Crippen LogP contribution is 2.31. The van der Waals surface area contributed by atoms with Gasteiger partial charge in [-0.15, -0.1) is 0 Å². The average Bonchev–Trinajstić information content (AvgIpc) is 2.49. The van der Waals surface area contributed by atoms with Crippen LogP contribution in [0.3, 0.4) is 0 Å². The summed E-state index contributed by atoms with van der Waals surface area (Å²) in [4.78, 5) is 2.39. The number of ether oxygens (including phenoxy) is 2. The summed E-state index contributed by atoms with van der Waals surface area (Å²) in [5.41, 5.74) is 7.23. The maximum Gasteiger partial charge on any atom is 0.133 e. The molecule has 0 aromatic heterocycles. The minimum atomic E-state index is 0.223. The number of nitrogens with two attached hydrogens (primary N) is 1. The van der Waals surface area contributed by atoms with E-state index >= 15 is 0 Å². The van der Waals surface area contributed by atoms with Gasteiger partial charge in [0.25, 0.3) is 0 Å². The van der Waals surface area contributed by atoms with E-state index in [-0.39, 0.29) is 6.04 Å². The lowest BCUT2D eigenvalue weighted by Crippen LogP contribution is -2.41. The summed E-state index contributed by atoms with van der Waals surface area (Å²) in [5, 5.41) is 0. The lowest BCUT2D eigenvalue weighted by atomic mass is 10.0. The third-order valence-corrected chi connectivity index (χ3v) is 4.66. The fraction of sp³-hybridized carbons (Fsp3) is 0.600. The lowest BCUT2D eigenvalue weighted by molar-refractivity contribution is 0.0294. The van der Waals surface area contributed by atoms with Crippen LogP contribution >= 0.6 is 15.9 Å². The molecule has 0 saturated carbocycles. The summed E-state index contributed by atoms with van der Waals surface area (Å²) in [6.07, 6.45) is 2.15. The third-order valence-electron chi connectivity index (χ3n) is 4.04. The molecule has 0 amide bonds. The van der Waals surface area contributed by atoms with Crippen LogP contribution in [0, 0.1) is 0 Å². The van der Waals surface area contributed by atoms with Gasteiger partial charge in [0.05, 0.1) is 11.6 Å². The molecule has 4 nitrogen and oxygen atoms in total. The van der Waals surface area contributed by atoms with Crippen LogP contribution in [0.4, 0.5) is 0 Å². The number of rotatable bonds is 5. The Balaban J connectivity index is 2.16. The second-order valence-electron chi connectivity index (χ2n) is 5.15. The molecule has 1 fully saturated rings. The summed E-state index contributed by atoms with van der Waals surface area (Å²) < 4.78 is 11.7. The number of benzene rings is 1. The molecule has 0 aliphatic carbocycles. The molecule has 20 heavy (non-hydrogen) atoms. The number of nitrogens with zero attached hydrogens (tertiary/aromatic N) is 1. The van der Waals surface area contributed by atoms with E-state index in [4.69, 9.17) is 15.2 Å². The maximum atomic E-state index is 6.01. The molecule has 1 aromatic rings. The van der Waals surface area contributed by atoms with Gasteiger partial charge >= 0.3 is 0 Å². The van der Waals surface area contributed by atoms with Gasteiger partial charge in [0.1, 0.15) is 5.75 Å². The lowest BCUT2D eigenvalue weighted by Gasteiger charge is -2.37. The SMILES string of the molecule is COc1ccc(C(CN)N(C)C2CCOCC2)cc1Br. The van der Waals surface area contributed by atoms with Gasteiger partial charge in [-0.2, -0.15) is 0 Å². The van der Waals surface area contributed by atoms with Crippen LogP contribution < -0.4 is 10.5 Å². The van der Waals surface area contributed by atoms with E-state index in [1.807, 2.05) is 6.07 Å². The summed E-state index contributed by atoms with van der Waals surface area (Å²) in [6, 6.07) is 6.95. The van der Waals surface area contributed by atoms with Gasteiger partial charge in [0.2, 0.25) is 0 Å². The summed E-state index contributed by atoms with van der Waals surface area (Å²) in [6.45, 7) is 2.30. The Hall–Kier alpha value is -0.620. The Morgan fingerprint density at radius 1 is 1.45 bits per heavy atom. The van der Waals surface area contributed by atoms with E-state index < -0.39 is 0 Å². The smallest absolute Gasteiger partial charge is 0.133 e. The first-order valence-corrected chi connectivity index (χ1v) is 7.80. The second kappa shape index (κ2) is 7.41.